The first-order chi connectivity index (χ1) is 5.72. The predicted octanol–water partition coefficient (Wildman–Crippen LogP) is 1.88. The van der Waals surface area contributed by atoms with Gasteiger partial charge in [-0.2, -0.15) is 0 Å². The highest BCUT2D eigenvalue weighted by atomic mass is 32.2. The van der Waals surface area contributed by atoms with Gasteiger partial charge >= 0.3 is 0 Å². The van der Waals surface area contributed by atoms with E-state index in [2.05, 4.69) is 11.3 Å². The summed E-state index contributed by atoms with van der Waals surface area (Å²) in [6, 6.07) is 7.04. The van der Waals surface area contributed by atoms with Crippen LogP contribution in [0.3, 0.4) is 0 Å². The van der Waals surface area contributed by atoms with Crippen molar-refractivity contribution in [2.45, 2.75) is 0 Å². The fourth-order valence-corrected chi connectivity index (χ4v) is 1.13. The van der Waals surface area contributed by atoms with Gasteiger partial charge in [-0.25, -0.2) is 4.21 Å². The average molecular weight is 183 g/mol. The van der Waals surface area contributed by atoms with E-state index in [0.717, 1.165) is 5.56 Å². The van der Waals surface area contributed by atoms with Crippen LogP contribution in [0.4, 0.5) is 5.69 Å². The third-order valence-electron chi connectivity index (χ3n) is 1.35. The molecule has 1 aromatic carbocycles. The van der Waals surface area contributed by atoms with Crippen LogP contribution in [0.25, 0.3) is 6.08 Å². The second-order valence-corrected chi connectivity index (χ2v) is 2.88. The quantitative estimate of drug-likeness (QED) is 0.703. The molecular weight excluding hydrogens is 174 g/mol. The molecule has 1 atom stereocenters. The molecule has 0 aliphatic heterocycles. The van der Waals surface area contributed by atoms with Crippen LogP contribution in [0.5, 0.6) is 0 Å². The second kappa shape index (κ2) is 4.04. The molecule has 1 aromatic rings. The van der Waals surface area contributed by atoms with Gasteiger partial charge < -0.3 is 0 Å². The lowest BCUT2D eigenvalue weighted by Crippen LogP contribution is -2.01. The Bertz CT molecular complexity index is 294. The van der Waals surface area contributed by atoms with E-state index in [1.807, 2.05) is 12.1 Å². The highest BCUT2D eigenvalue weighted by molar-refractivity contribution is 7.80. The van der Waals surface area contributed by atoms with Crippen molar-refractivity contribution in [2.24, 2.45) is 0 Å². The molecule has 0 amide bonds. The first-order valence-electron chi connectivity index (χ1n) is 3.32. The molecule has 0 heterocycles. The number of anilines is 1. The molecule has 12 heavy (non-hydrogen) atoms. The standard InChI is InChI=1S/C8H9NO2S/c1-2-7-3-5-8(6-4-7)9-12(10)11/h2-6,9H,1H2,(H,10,11). The van der Waals surface area contributed by atoms with Crippen molar-refractivity contribution in [2.75, 3.05) is 4.72 Å². The topological polar surface area (TPSA) is 49.3 Å². The van der Waals surface area contributed by atoms with Gasteiger partial charge in [0.25, 0.3) is 11.3 Å². The van der Waals surface area contributed by atoms with E-state index in [4.69, 9.17) is 4.55 Å². The molecule has 4 heteroatoms. The van der Waals surface area contributed by atoms with E-state index in [1.54, 1.807) is 18.2 Å². The number of rotatable bonds is 3. The summed E-state index contributed by atoms with van der Waals surface area (Å²) in [5, 5.41) is 0. The maximum Gasteiger partial charge on any atom is 0.259 e. The minimum absolute atomic E-state index is 0.612. The summed E-state index contributed by atoms with van der Waals surface area (Å²) in [5.74, 6) is 0. The number of nitrogens with one attached hydrogen (secondary N) is 1. The summed E-state index contributed by atoms with van der Waals surface area (Å²) >= 11 is -2.00. The van der Waals surface area contributed by atoms with Crippen molar-refractivity contribution >= 4 is 23.0 Å². The monoisotopic (exact) mass is 183 g/mol. The van der Waals surface area contributed by atoms with Crippen LogP contribution < -0.4 is 4.72 Å². The molecule has 1 rings (SSSR count). The molecular formula is C8H9NO2S. The van der Waals surface area contributed by atoms with Gasteiger partial charge in [-0.3, -0.25) is 9.27 Å². The summed E-state index contributed by atoms with van der Waals surface area (Å²) in [6.07, 6.45) is 1.71. The van der Waals surface area contributed by atoms with Gasteiger partial charge in [0, 0.05) is 5.69 Å². The van der Waals surface area contributed by atoms with Crippen LogP contribution in [0.2, 0.25) is 0 Å². The lowest BCUT2D eigenvalue weighted by Gasteiger charge is -2.00. The fraction of sp³-hybridized carbons (Fsp3) is 0. The summed E-state index contributed by atoms with van der Waals surface area (Å²) < 4.78 is 21.1. The number of benzene rings is 1. The van der Waals surface area contributed by atoms with Crippen molar-refractivity contribution in [1.29, 1.82) is 0 Å². The molecule has 0 fully saturated rings. The summed E-state index contributed by atoms with van der Waals surface area (Å²) in [7, 11) is 0. The van der Waals surface area contributed by atoms with E-state index in [1.165, 1.54) is 0 Å². The third-order valence-corrected chi connectivity index (χ3v) is 1.76. The molecule has 1 unspecified atom stereocenters. The molecule has 0 spiro atoms. The van der Waals surface area contributed by atoms with Crippen LogP contribution in [-0.4, -0.2) is 8.76 Å². The van der Waals surface area contributed by atoms with Gasteiger partial charge in [0.1, 0.15) is 0 Å². The maximum atomic E-state index is 10.3. The molecule has 2 N–H and O–H groups in total. The molecule has 0 aliphatic carbocycles. The molecule has 0 aromatic heterocycles. The van der Waals surface area contributed by atoms with Crippen molar-refractivity contribution in [1.82, 2.24) is 0 Å². The Hall–Kier alpha value is -1.13. The van der Waals surface area contributed by atoms with Gasteiger partial charge in [-0.15, -0.1) is 0 Å². The van der Waals surface area contributed by atoms with Gasteiger partial charge in [0.05, 0.1) is 0 Å². The number of hydrogen-bond donors (Lipinski definition) is 2. The highest BCUT2D eigenvalue weighted by Crippen LogP contribution is 2.10. The fourth-order valence-electron chi connectivity index (χ4n) is 0.788. The van der Waals surface area contributed by atoms with Crippen LogP contribution in [0.1, 0.15) is 5.56 Å². The summed E-state index contributed by atoms with van der Waals surface area (Å²) in [6.45, 7) is 3.59. The Morgan fingerprint density at radius 2 is 2.00 bits per heavy atom. The Morgan fingerprint density at radius 1 is 1.42 bits per heavy atom. The zero-order valence-electron chi connectivity index (χ0n) is 6.36. The first kappa shape index (κ1) is 8.96. The van der Waals surface area contributed by atoms with Crippen molar-refractivity contribution in [3.63, 3.8) is 0 Å². The Kier molecular flexibility index (Phi) is 3.01. The van der Waals surface area contributed by atoms with Crippen LogP contribution in [0.15, 0.2) is 30.8 Å². The molecule has 0 saturated carbocycles. The predicted molar refractivity (Wildman–Crippen MR) is 50.9 cm³/mol. The molecule has 0 radical (unpaired) electrons. The van der Waals surface area contributed by atoms with Crippen molar-refractivity contribution < 1.29 is 8.76 Å². The molecule has 3 nitrogen and oxygen atoms in total. The normalized spacial score (nSPS) is 12.1. The summed E-state index contributed by atoms with van der Waals surface area (Å²) in [5.41, 5.74) is 1.59. The van der Waals surface area contributed by atoms with E-state index >= 15 is 0 Å². The van der Waals surface area contributed by atoms with E-state index in [0.29, 0.717) is 5.69 Å². The minimum atomic E-state index is -2.00. The molecule has 64 valence electrons. The average Bonchev–Trinajstić information content (AvgIpc) is 2.05. The Labute approximate surface area is 73.5 Å². The third kappa shape index (κ3) is 2.48. The smallest absolute Gasteiger partial charge is 0.259 e. The molecule has 0 aliphatic rings. The maximum absolute atomic E-state index is 10.3. The van der Waals surface area contributed by atoms with E-state index < -0.39 is 11.3 Å². The highest BCUT2D eigenvalue weighted by Gasteiger charge is 1.93. The van der Waals surface area contributed by atoms with Crippen LogP contribution in [0, 0.1) is 0 Å². The largest absolute Gasteiger partial charge is 0.289 e. The zero-order valence-corrected chi connectivity index (χ0v) is 7.17. The Morgan fingerprint density at radius 3 is 2.42 bits per heavy atom. The first-order valence-corrected chi connectivity index (χ1v) is 4.43. The van der Waals surface area contributed by atoms with E-state index in [-0.39, 0.29) is 0 Å². The van der Waals surface area contributed by atoms with Gasteiger partial charge in [0.15, 0.2) is 0 Å². The summed E-state index contributed by atoms with van der Waals surface area (Å²) in [4.78, 5) is 0. The zero-order chi connectivity index (χ0) is 8.97. The lowest BCUT2D eigenvalue weighted by molar-refractivity contribution is 0.570. The molecule has 0 bridgehead atoms. The van der Waals surface area contributed by atoms with Gasteiger partial charge in [0.2, 0.25) is 0 Å². The van der Waals surface area contributed by atoms with Crippen molar-refractivity contribution in [3.05, 3.63) is 36.4 Å². The SMILES string of the molecule is C=Cc1ccc(NS(=O)O)cc1. The Balaban J connectivity index is 2.77. The lowest BCUT2D eigenvalue weighted by atomic mass is 10.2. The molecule has 0 saturated heterocycles. The van der Waals surface area contributed by atoms with Gasteiger partial charge in [-0.1, -0.05) is 24.8 Å². The van der Waals surface area contributed by atoms with Crippen LogP contribution in [-0.2, 0) is 11.3 Å². The van der Waals surface area contributed by atoms with Crippen molar-refractivity contribution in [3.8, 4) is 0 Å². The van der Waals surface area contributed by atoms with Crippen LogP contribution >= 0.6 is 0 Å². The second-order valence-electron chi connectivity index (χ2n) is 2.18. The van der Waals surface area contributed by atoms with Gasteiger partial charge in [-0.05, 0) is 17.7 Å². The number of hydrogen-bond acceptors (Lipinski definition) is 1. The minimum Gasteiger partial charge on any atom is -0.289 e. The van der Waals surface area contributed by atoms with E-state index in [9.17, 15) is 4.21 Å².